The highest BCUT2D eigenvalue weighted by Crippen LogP contribution is 2.27. The molecule has 0 radical (unpaired) electrons. The van der Waals surface area contributed by atoms with Gasteiger partial charge in [0.25, 0.3) is 0 Å². The summed E-state index contributed by atoms with van der Waals surface area (Å²) < 4.78 is 0. The third-order valence-corrected chi connectivity index (χ3v) is 4.48. The minimum Gasteiger partial charge on any atom is -0.347 e. The Morgan fingerprint density at radius 1 is 1.26 bits per heavy atom. The second-order valence-electron chi connectivity index (χ2n) is 5.96. The highest BCUT2D eigenvalue weighted by atomic mass is 16.2. The molecule has 0 spiro atoms. The smallest absolute Gasteiger partial charge is 0.241 e. The van der Waals surface area contributed by atoms with E-state index in [1.54, 1.807) is 0 Å². The zero-order valence-corrected chi connectivity index (χ0v) is 11.7. The minimum atomic E-state index is 0.0197. The Hall–Kier alpha value is -1.10. The number of carbonyl (C=O) groups is 2. The lowest BCUT2D eigenvalue weighted by molar-refractivity contribution is -0.133. The first kappa shape index (κ1) is 14.3. The fourth-order valence-electron chi connectivity index (χ4n) is 3.04. The molecule has 1 aliphatic carbocycles. The van der Waals surface area contributed by atoms with Gasteiger partial charge in [0, 0.05) is 25.0 Å². The van der Waals surface area contributed by atoms with Crippen LogP contribution in [0.25, 0.3) is 0 Å². The number of likely N-dealkylation sites (tertiary alicyclic amines) is 1. The predicted octanol–water partition coefficient (Wildman–Crippen LogP) is 0.489. The van der Waals surface area contributed by atoms with Crippen molar-refractivity contribution in [3.05, 3.63) is 0 Å². The molecule has 0 aromatic rings. The van der Waals surface area contributed by atoms with Gasteiger partial charge in [0.1, 0.15) is 0 Å². The van der Waals surface area contributed by atoms with Gasteiger partial charge in [-0.15, -0.1) is 0 Å². The summed E-state index contributed by atoms with van der Waals surface area (Å²) >= 11 is 0. The van der Waals surface area contributed by atoms with Crippen LogP contribution in [0.4, 0.5) is 0 Å². The summed E-state index contributed by atoms with van der Waals surface area (Å²) in [4.78, 5) is 25.7. The van der Waals surface area contributed by atoms with Crippen LogP contribution in [0.2, 0.25) is 0 Å². The average Bonchev–Trinajstić information content (AvgIpc) is 2.92. The molecule has 108 valence electrons. The zero-order chi connectivity index (χ0) is 13.8. The number of nitrogens with two attached hydrogens (primary N) is 1. The highest BCUT2D eigenvalue weighted by Gasteiger charge is 2.29. The maximum atomic E-state index is 12.0. The van der Waals surface area contributed by atoms with Crippen molar-refractivity contribution >= 4 is 11.8 Å². The first-order valence-electron chi connectivity index (χ1n) is 7.39. The summed E-state index contributed by atoms with van der Waals surface area (Å²) in [5, 5.41) is 2.79. The van der Waals surface area contributed by atoms with Crippen molar-refractivity contribution in [2.24, 2.45) is 17.6 Å². The Kier molecular flexibility index (Phi) is 4.80. The summed E-state index contributed by atoms with van der Waals surface area (Å²) in [6.07, 6.45) is 4.74. The number of nitrogens with one attached hydrogen (secondary N) is 1. The van der Waals surface area contributed by atoms with Crippen LogP contribution in [0.3, 0.4) is 0 Å². The molecule has 2 rings (SSSR count). The molecule has 1 saturated heterocycles. The molecule has 3 unspecified atom stereocenters. The van der Waals surface area contributed by atoms with Gasteiger partial charge >= 0.3 is 0 Å². The van der Waals surface area contributed by atoms with Crippen molar-refractivity contribution in [3.8, 4) is 0 Å². The van der Waals surface area contributed by atoms with Crippen LogP contribution in [-0.2, 0) is 9.59 Å². The first-order chi connectivity index (χ1) is 9.08. The fourth-order valence-corrected chi connectivity index (χ4v) is 3.04. The van der Waals surface area contributed by atoms with Gasteiger partial charge in [0.2, 0.25) is 11.8 Å². The van der Waals surface area contributed by atoms with Crippen LogP contribution in [0.1, 0.15) is 39.0 Å². The van der Waals surface area contributed by atoms with Crippen LogP contribution in [0.15, 0.2) is 0 Å². The zero-order valence-electron chi connectivity index (χ0n) is 11.7. The minimum absolute atomic E-state index is 0.0197. The van der Waals surface area contributed by atoms with Gasteiger partial charge in [-0.2, -0.15) is 0 Å². The molecule has 0 aromatic carbocycles. The molecule has 1 heterocycles. The Labute approximate surface area is 114 Å². The van der Waals surface area contributed by atoms with E-state index in [0.29, 0.717) is 5.92 Å². The van der Waals surface area contributed by atoms with Gasteiger partial charge in [-0.05, 0) is 38.0 Å². The van der Waals surface area contributed by atoms with Gasteiger partial charge in [-0.3, -0.25) is 9.59 Å². The molecule has 5 nitrogen and oxygen atoms in total. The largest absolute Gasteiger partial charge is 0.347 e. The molecule has 0 aromatic heterocycles. The van der Waals surface area contributed by atoms with E-state index in [2.05, 4.69) is 12.2 Å². The van der Waals surface area contributed by atoms with E-state index in [9.17, 15) is 9.59 Å². The Balaban J connectivity index is 1.73. The molecule has 3 N–H and O–H groups in total. The normalized spacial score (nSPS) is 31.3. The number of rotatable bonds is 3. The van der Waals surface area contributed by atoms with Crippen LogP contribution in [-0.4, -0.2) is 42.4 Å². The van der Waals surface area contributed by atoms with Gasteiger partial charge in [0.05, 0.1) is 6.54 Å². The first-order valence-corrected chi connectivity index (χ1v) is 7.39. The van der Waals surface area contributed by atoms with Crippen molar-refractivity contribution in [1.82, 2.24) is 10.2 Å². The van der Waals surface area contributed by atoms with E-state index in [1.807, 2.05) is 4.90 Å². The fraction of sp³-hybridized carbons (Fsp3) is 0.857. The number of hydrogen-bond acceptors (Lipinski definition) is 3. The van der Waals surface area contributed by atoms with Crippen LogP contribution < -0.4 is 11.1 Å². The maximum Gasteiger partial charge on any atom is 0.241 e. The molecule has 19 heavy (non-hydrogen) atoms. The van der Waals surface area contributed by atoms with Crippen LogP contribution >= 0.6 is 0 Å². The van der Waals surface area contributed by atoms with Gasteiger partial charge in [-0.25, -0.2) is 0 Å². The lowest BCUT2D eigenvalue weighted by atomic mass is 9.79. The lowest BCUT2D eigenvalue weighted by Gasteiger charge is -2.31. The summed E-state index contributed by atoms with van der Waals surface area (Å²) in [6, 6.07) is 0.218. The Morgan fingerprint density at radius 3 is 2.58 bits per heavy atom. The Bertz CT molecular complexity index is 340. The number of carbonyl (C=O) groups excluding carboxylic acids is 2. The summed E-state index contributed by atoms with van der Waals surface area (Å²) in [5.74, 6) is 0.484. The third-order valence-electron chi connectivity index (χ3n) is 4.48. The van der Waals surface area contributed by atoms with Crippen molar-refractivity contribution < 1.29 is 9.59 Å². The summed E-state index contributed by atoms with van der Waals surface area (Å²) in [5.41, 5.74) is 5.95. The SMILES string of the molecule is CC1CC(C(=O)NCC(=O)N2CCCC2)CCC1N. The highest BCUT2D eigenvalue weighted by molar-refractivity contribution is 5.86. The van der Waals surface area contributed by atoms with Crippen LogP contribution in [0.5, 0.6) is 0 Å². The number of amides is 2. The molecule has 0 bridgehead atoms. The van der Waals surface area contributed by atoms with E-state index in [4.69, 9.17) is 5.73 Å². The average molecular weight is 267 g/mol. The molecular weight excluding hydrogens is 242 g/mol. The second-order valence-corrected chi connectivity index (χ2v) is 5.96. The lowest BCUT2D eigenvalue weighted by Crippen LogP contribution is -2.44. The summed E-state index contributed by atoms with van der Waals surface area (Å²) in [7, 11) is 0. The van der Waals surface area contributed by atoms with Gasteiger partial charge < -0.3 is 16.0 Å². The topological polar surface area (TPSA) is 75.4 Å². The van der Waals surface area contributed by atoms with Crippen molar-refractivity contribution in [1.29, 1.82) is 0 Å². The maximum absolute atomic E-state index is 12.0. The van der Waals surface area contributed by atoms with Crippen molar-refractivity contribution in [2.75, 3.05) is 19.6 Å². The van der Waals surface area contributed by atoms with E-state index in [0.717, 1.165) is 45.2 Å². The second kappa shape index (κ2) is 6.37. The van der Waals surface area contributed by atoms with Gasteiger partial charge in [0.15, 0.2) is 0 Å². The monoisotopic (exact) mass is 267 g/mol. The van der Waals surface area contributed by atoms with Crippen molar-refractivity contribution in [2.45, 2.75) is 45.1 Å². The van der Waals surface area contributed by atoms with E-state index < -0.39 is 0 Å². The predicted molar refractivity (Wildman–Crippen MR) is 73.3 cm³/mol. The Morgan fingerprint density at radius 2 is 1.95 bits per heavy atom. The molecule has 5 heteroatoms. The standard InChI is InChI=1S/C14H25N3O2/c1-10-8-11(4-5-12(10)15)14(19)16-9-13(18)17-6-2-3-7-17/h10-12H,2-9,15H2,1H3,(H,16,19). The van der Waals surface area contributed by atoms with E-state index >= 15 is 0 Å². The molecule has 1 saturated carbocycles. The van der Waals surface area contributed by atoms with Crippen molar-refractivity contribution in [3.63, 3.8) is 0 Å². The molecule has 1 aliphatic heterocycles. The van der Waals surface area contributed by atoms with Gasteiger partial charge in [-0.1, -0.05) is 6.92 Å². The van der Waals surface area contributed by atoms with E-state index in [1.165, 1.54) is 0 Å². The quantitative estimate of drug-likeness (QED) is 0.781. The molecular formula is C14H25N3O2. The molecule has 2 aliphatic rings. The molecule has 2 fully saturated rings. The number of hydrogen-bond donors (Lipinski definition) is 2. The number of nitrogens with zero attached hydrogens (tertiary/aromatic N) is 1. The third kappa shape index (κ3) is 3.69. The molecule has 3 atom stereocenters. The van der Waals surface area contributed by atoms with Crippen LogP contribution in [0, 0.1) is 11.8 Å². The molecule has 2 amide bonds. The summed E-state index contributed by atoms with van der Waals surface area (Å²) in [6.45, 7) is 3.92. The van der Waals surface area contributed by atoms with E-state index in [-0.39, 0.29) is 30.3 Å².